The molecule has 0 saturated carbocycles. The number of methoxy groups -OCH3 is 1. The summed E-state index contributed by atoms with van der Waals surface area (Å²) in [5.74, 6) is -3.08. The second kappa shape index (κ2) is 5.55. The summed E-state index contributed by atoms with van der Waals surface area (Å²) < 4.78 is 32.8. The number of alkyl halides is 2. The van der Waals surface area contributed by atoms with Crippen LogP contribution in [0.2, 0.25) is 0 Å². The molecule has 0 bridgehead atoms. The lowest BCUT2D eigenvalue weighted by atomic mass is 9.74. The van der Waals surface area contributed by atoms with Crippen LogP contribution in [0.15, 0.2) is 0 Å². The van der Waals surface area contributed by atoms with E-state index in [0.29, 0.717) is 18.1 Å². The first-order valence-corrected chi connectivity index (χ1v) is 7.05. The molecule has 1 fully saturated rings. The zero-order valence-electron chi connectivity index (χ0n) is 10.6. The van der Waals surface area contributed by atoms with E-state index in [9.17, 15) is 13.6 Å². The maximum absolute atomic E-state index is 14.1. The minimum Gasteiger partial charge on any atom is -0.468 e. The Morgan fingerprint density at radius 2 is 2.12 bits per heavy atom. The smallest absolute Gasteiger partial charge is 0.318 e. The van der Waals surface area contributed by atoms with Crippen molar-refractivity contribution in [3.63, 3.8) is 0 Å². The van der Waals surface area contributed by atoms with E-state index in [1.807, 2.05) is 13.8 Å². The van der Waals surface area contributed by atoms with Gasteiger partial charge in [-0.05, 0) is 30.9 Å². The second-order valence-electron chi connectivity index (χ2n) is 5.01. The first kappa shape index (κ1) is 14.7. The van der Waals surface area contributed by atoms with Gasteiger partial charge in [0.1, 0.15) is 5.41 Å². The summed E-state index contributed by atoms with van der Waals surface area (Å²) in [5, 5.41) is 0. The molecule has 0 aromatic rings. The number of thioether (sulfide) groups is 1. The van der Waals surface area contributed by atoms with Crippen LogP contribution in [0.1, 0.15) is 33.1 Å². The minimum atomic E-state index is -2.96. The highest BCUT2D eigenvalue weighted by Crippen LogP contribution is 2.50. The van der Waals surface area contributed by atoms with Gasteiger partial charge in [0.25, 0.3) is 5.92 Å². The van der Waals surface area contributed by atoms with Crippen LogP contribution >= 0.6 is 11.8 Å². The molecule has 0 radical (unpaired) electrons. The van der Waals surface area contributed by atoms with Crippen LogP contribution in [0.3, 0.4) is 0 Å². The molecule has 1 unspecified atom stereocenters. The van der Waals surface area contributed by atoms with Crippen LogP contribution in [-0.4, -0.2) is 30.5 Å². The highest BCUT2D eigenvalue weighted by Gasteiger charge is 2.60. The minimum absolute atomic E-state index is 0.212. The van der Waals surface area contributed by atoms with Gasteiger partial charge in [-0.2, -0.15) is 11.8 Å². The third-order valence-electron chi connectivity index (χ3n) is 3.38. The SMILES string of the molecule is COC(=O)C1(CCC(C)C)CCSCC1(F)F. The molecule has 17 heavy (non-hydrogen) atoms. The summed E-state index contributed by atoms with van der Waals surface area (Å²) >= 11 is 1.21. The van der Waals surface area contributed by atoms with Crippen LogP contribution in [0.4, 0.5) is 8.78 Å². The van der Waals surface area contributed by atoms with Gasteiger partial charge in [0.05, 0.1) is 12.9 Å². The Morgan fingerprint density at radius 1 is 1.47 bits per heavy atom. The largest absolute Gasteiger partial charge is 0.468 e. The Kier molecular flexibility index (Phi) is 4.81. The summed E-state index contributed by atoms with van der Waals surface area (Å²) in [6.07, 6.45) is 1.05. The third kappa shape index (κ3) is 2.92. The molecule has 1 aliphatic rings. The van der Waals surface area contributed by atoms with Gasteiger partial charge in [0.15, 0.2) is 0 Å². The lowest BCUT2D eigenvalue weighted by molar-refractivity contribution is -0.181. The van der Waals surface area contributed by atoms with Crippen molar-refractivity contribution in [1.29, 1.82) is 0 Å². The zero-order chi connectivity index (χ0) is 13.1. The van der Waals surface area contributed by atoms with Crippen LogP contribution < -0.4 is 0 Å². The van der Waals surface area contributed by atoms with Gasteiger partial charge in [-0.3, -0.25) is 4.79 Å². The van der Waals surface area contributed by atoms with Crippen molar-refractivity contribution in [2.24, 2.45) is 11.3 Å². The van der Waals surface area contributed by atoms with Gasteiger partial charge in [-0.15, -0.1) is 0 Å². The van der Waals surface area contributed by atoms with Gasteiger partial charge >= 0.3 is 5.97 Å². The van der Waals surface area contributed by atoms with E-state index in [4.69, 9.17) is 0 Å². The Bertz CT molecular complexity index is 282. The number of esters is 1. The van der Waals surface area contributed by atoms with Crippen LogP contribution in [0, 0.1) is 11.3 Å². The topological polar surface area (TPSA) is 26.3 Å². The highest BCUT2D eigenvalue weighted by molar-refractivity contribution is 7.99. The first-order valence-electron chi connectivity index (χ1n) is 5.90. The molecule has 1 rings (SSSR count). The summed E-state index contributed by atoms with van der Waals surface area (Å²) in [5.41, 5.74) is -1.60. The lowest BCUT2D eigenvalue weighted by Crippen LogP contribution is -2.52. The number of rotatable bonds is 4. The summed E-state index contributed by atoms with van der Waals surface area (Å²) in [6.45, 7) is 3.95. The molecule has 1 atom stereocenters. The molecule has 0 aliphatic carbocycles. The molecule has 100 valence electrons. The number of hydrogen-bond donors (Lipinski definition) is 0. The normalized spacial score (nSPS) is 28.1. The fraction of sp³-hybridized carbons (Fsp3) is 0.917. The average molecular weight is 266 g/mol. The summed E-state index contributed by atoms with van der Waals surface area (Å²) in [7, 11) is 1.19. The molecule has 0 aromatic heterocycles. The third-order valence-corrected chi connectivity index (χ3v) is 4.44. The number of ether oxygens (including phenoxy) is 1. The predicted molar refractivity (Wildman–Crippen MR) is 65.4 cm³/mol. The molecule has 2 nitrogen and oxygen atoms in total. The summed E-state index contributed by atoms with van der Waals surface area (Å²) in [6, 6.07) is 0. The molecule has 0 aromatic carbocycles. The Morgan fingerprint density at radius 3 is 2.59 bits per heavy atom. The quantitative estimate of drug-likeness (QED) is 0.730. The Hall–Kier alpha value is -0.320. The van der Waals surface area contributed by atoms with Crippen molar-refractivity contribution in [2.75, 3.05) is 18.6 Å². The van der Waals surface area contributed by atoms with Crippen LogP contribution in [-0.2, 0) is 9.53 Å². The highest BCUT2D eigenvalue weighted by atomic mass is 32.2. The summed E-state index contributed by atoms with van der Waals surface area (Å²) in [4.78, 5) is 11.8. The van der Waals surface area contributed by atoms with Crippen LogP contribution in [0.25, 0.3) is 0 Å². The standard InChI is InChI=1S/C12H20F2O2S/c1-9(2)4-5-11(10(15)16-3)6-7-17-8-12(11,13)14/h9H,4-8H2,1-3H3. The van der Waals surface area contributed by atoms with Crippen molar-refractivity contribution < 1.29 is 18.3 Å². The average Bonchev–Trinajstić information content (AvgIpc) is 2.26. The van der Waals surface area contributed by atoms with Gasteiger partial charge < -0.3 is 4.74 Å². The Labute approximate surface area is 105 Å². The zero-order valence-corrected chi connectivity index (χ0v) is 11.4. The van der Waals surface area contributed by atoms with Gasteiger partial charge in [0.2, 0.25) is 0 Å². The molecule has 0 spiro atoms. The van der Waals surface area contributed by atoms with E-state index in [2.05, 4.69) is 4.74 Å². The van der Waals surface area contributed by atoms with Crippen molar-refractivity contribution in [2.45, 2.75) is 39.0 Å². The van der Waals surface area contributed by atoms with E-state index in [1.54, 1.807) is 0 Å². The number of hydrogen-bond acceptors (Lipinski definition) is 3. The maximum Gasteiger partial charge on any atom is 0.318 e. The van der Waals surface area contributed by atoms with Crippen molar-refractivity contribution in [1.82, 2.24) is 0 Å². The van der Waals surface area contributed by atoms with Crippen molar-refractivity contribution >= 4 is 17.7 Å². The number of carbonyl (C=O) groups excluding carboxylic acids is 1. The molecule has 5 heteroatoms. The van der Waals surface area contributed by atoms with Gasteiger partial charge in [-0.1, -0.05) is 13.8 Å². The fourth-order valence-corrected chi connectivity index (χ4v) is 3.33. The maximum atomic E-state index is 14.1. The van der Waals surface area contributed by atoms with E-state index in [1.165, 1.54) is 18.9 Å². The van der Waals surface area contributed by atoms with E-state index >= 15 is 0 Å². The molecule has 1 heterocycles. The van der Waals surface area contributed by atoms with Gasteiger partial charge in [-0.25, -0.2) is 8.78 Å². The molecule has 1 saturated heterocycles. The Balaban J connectivity index is 2.94. The molecule has 0 amide bonds. The van der Waals surface area contributed by atoms with E-state index < -0.39 is 17.3 Å². The molecular weight excluding hydrogens is 246 g/mol. The molecule has 0 N–H and O–H groups in total. The lowest BCUT2D eigenvalue weighted by Gasteiger charge is -2.41. The number of carbonyl (C=O) groups is 1. The van der Waals surface area contributed by atoms with E-state index in [-0.39, 0.29) is 18.6 Å². The first-order chi connectivity index (χ1) is 7.85. The van der Waals surface area contributed by atoms with Crippen LogP contribution in [0.5, 0.6) is 0 Å². The fourth-order valence-electron chi connectivity index (χ4n) is 2.16. The molecule has 1 aliphatic heterocycles. The second-order valence-corrected chi connectivity index (χ2v) is 6.12. The molecular formula is C12H20F2O2S. The van der Waals surface area contributed by atoms with Crippen molar-refractivity contribution in [3.05, 3.63) is 0 Å². The monoisotopic (exact) mass is 266 g/mol. The van der Waals surface area contributed by atoms with Crippen molar-refractivity contribution in [3.8, 4) is 0 Å². The van der Waals surface area contributed by atoms with Gasteiger partial charge in [0, 0.05) is 0 Å². The predicted octanol–water partition coefficient (Wildman–Crippen LogP) is 3.35. The van der Waals surface area contributed by atoms with E-state index in [0.717, 1.165) is 0 Å². The number of halogens is 2.